The van der Waals surface area contributed by atoms with Crippen LogP contribution in [0.3, 0.4) is 0 Å². The predicted molar refractivity (Wildman–Crippen MR) is 42.9 cm³/mol. The Hall–Kier alpha value is -0.0400. The van der Waals surface area contributed by atoms with E-state index >= 15 is 0 Å². The van der Waals surface area contributed by atoms with Crippen LogP contribution in [0.5, 0.6) is 0 Å². The van der Waals surface area contributed by atoms with E-state index in [0.717, 1.165) is 5.92 Å². The lowest BCUT2D eigenvalue weighted by Gasteiger charge is -2.21. The minimum Gasteiger partial charge on any atom is -0.306 e. The second-order valence-corrected chi connectivity index (χ2v) is 4.44. The first kappa shape index (κ1) is 6.66. The third-order valence-electron chi connectivity index (χ3n) is 3.45. The fourth-order valence-corrected chi connectivity index (χ4v) is 2.88. The Morgan fingerprint density at radius 2 is 2.30 bits per heavy atom. The molecule has 2 atom stereocenters. The second-order valence-electron chi connectivity index (χ2n) is 4.44. The van der Waals surface area contributed by atoms with Crippen molar-refractivity contribution in [1.29, 1.82) is 0 Å². The van der Waals surface area contributed by atoms with E-state index in [1.807, 2.05) is 0 Å². The van der Waals surface area contributed by atoms with Crippen LogP contribution in [0.2, 0.25) is 0 Å². The van der Waals surface area contributed by atoms with Gasteiger partial charge in [-0.2, -0.15) is 0 Å². The summed E-state index contributed by atoms with van der Waals surface area (Å²) in [7, 11) is 2.25. The van der Waals surface area contributed by atoms with Gasteiger partial charge in [0.15, 0.2) is 0 Å². The highest BCUT2D eigenvalue weighted by Gasteiger charge is 2.44. The molecule has 0 aromatic rings. The van der Waals surface area contributed by atoms with Gasteiger partial charge < -0.3 is 4.90 Å². The molecule has 1 aliphatic heterocycles. The van der Waals surface area contributed by atoms with Crippen molar-refractivity contribution in [2.45, 2.75) is 26.2 Å². The molecule has 1 nitrogen and oxygen atoms in total. The quantitative estimate of drug-likeness (QED) is 0.494. The van der Waals surface area contributed by atoms with Gasteiger partial charge in [-0.15, -0.1) is 0 Å². The standard InChI is InChI=1S/C9H17N/c1-9-5-3-4-8(9)6-10(2)7-9/h8H,3-7H2,1-2H3. The van der Waals surface area contributed by atoms with Crippen molar-refractivity contribution < 1.29 is 0 Å². The largest absolute Gasteiger partial charge is 0.306 e. The van der Waals surface area contributed by atoms with Crippen LogP contribution in [0.4, 0.5) is 0 Å². The molecule has 0 aromatic carbocycles. The molecule has 2 unspecified atom stereocenters. The maximum Gasteiger partial charge on any atom is 0.00355 e. The molecule has 10 heavy (non-hydrogen) atoms. The molecule has 0 aromatic heterocycles. The zero-order valence-electron chi connectivity index (χ0n) is 7.06. The van der Waals surface area contributed by atoms with E-state index < -0.39 is 0 Å². The Balaban J connectivity index is 2.15. The van der Waals surface area contributed by atoms with Crippen LogP contribution >= 0.6 is 0 Å². The van der Waals surface area contributed by atoms with Gasteiger partial charge in [0.05, 0.1) is 0 Å². The van der Waals surface area contributed by atoms with Crippen LogP contribution in [0.1, 0.15) is 26.2 Å². The molecule has 1 heterocycles. The lowest BCUT2D eigenvalue weighted by Crippen LogP contribution is -2.21. The molecule has 1 aliphatic carbocycles. The van der Waals surface area contributed by atoms with E-state index in [1.54, 1.807) is 0 Å². The molecule has 1 heteroatoms. The van der Waals surface area contributed by atoms with Gasteiger partial charge in [-0.25, -0.2) is 0 Å². The maximum absolute atomic E-state index is 2.49. The van der Waals surface area contributed by atoms with Gasteiger partial charge in [0.25, 0.3) is 0 Å². The molecule has 0 spiro atoms. The number of nitrogens with zero attached hydrogens (tertiary/aromatic N) is 1. The summed E-state index contributed by atoms with van der Waals surface area (Å²) in [6.07, 6.45) is 4.44. The lowest BCUT2D eigenvalue weighted by molar-refractivity contribution is 0.287. The normalized spacial score (nSPS) is 48.0. The molecule has 2 aliphatic rings. The number of likely N-dealkylation sites (tertiary alicyclic amines) is 1. The van der Waals surface area contributed by atoms with Crippen LogP contribution in [0.25, 0.3) is 0 Å². The second kappa shape index (κ2) is 1.97. The van der Waals surface area contributed by atoms with E-state index in [1.165, 1.54) is 32.4 Å². The summed E-state index contributed by atoms with van der Waals surface area (Å²) < 4.78 is 0. The van der Waals surface area contributed by atoms with E-state index in [0.29, 0.717) is 5.41 Å². The average Bonchev–Trinajstić information content (AvgIpc) is 2.20. The summed E-state index contributed by atoms with van der Waals surface area (Å²) in [5.74, 6) is 1.03. The number of rotatable bonds is 0. The Morgan fingerprint density at radius 3 is 3.00 bits per heavy atom. The van der Waals surface area contributed by atoms with Crippen LogP contribution in [-0.2, 0) is 0 Å². The van der Waals surface area contributed by atoms with E-state index in [2.05, 4.69) is 18.9 Å². The Kier molecular flexibility index (Phi) is 1.31. The van der Waals surface area contributed by atoms with Gasteiger partial charge >= 0.3 is 0 Å². The van der Waals surface area contributed by atoms with Crippen molar-refractivity contribution >= 4 is 0 Å². The first-order valence-electron chi connectivity index (χ1n) is 4.39. The summed E-state index contributed by atoms with van der Waals surface area (Å²) >= 11 is 0. The van der Waals surface area contributed by atoms with Crippen molar-refractivity contribution in [2.24, 2.45) is 11.3 Å². The predicted octanol–water partition coefficient (Wildman–Crippen LogP) is 1.74. The number of hydrogen-bond donors (Lipinski definition) is 0. The molecule has 0 amide bonds. The monoisotopic (exact) mass is 139 g/mol. The summed E-state index contributed by atoms with van der Waals surface area (Å²) in [6.45, 7) is 5.17. The molecule has 1 saturated heterocycles. The first-order valence-corrected chi connectivity index (χ1v) is 4.39. The average molecular weight is 139 g/mol. The molecule has 0 radical (unpaired) electrons. The highest BCUT2D eigenvalue weighted by Crippen LogP contribution is 2.47. The van der Waals surface area contributed by atoms with E-state index in [4.69, 9.17) is 0 Å². The topological polar surface area (TPSA) is 3.24 Å². The minimum atomic E-state index is 0.703. The van der Waals surface area contributed by atoms with Gasteiger partial charge in [-0.3, -0.25) is 0 Å². The Labute approximate surface area is 63.4 Å². The summed E-state index contributed by atoms with van der Waals surface area (Å²) in [6, 6.07) is 0. The van der Waals surface area contributed by atoms with E-state index in [9.17, 15) is 0 Å². The lowest BCUT2D eigenvalue weighted by atomic mass is 9.83. The van der Waals surface area contributed by atoms with Crippen LogP contribution < -0.4 is 0 Å². The Morgan fingerprint density at radius 1 is 1.50 bits per heavy atom. The highest BCUT2D eigenvalue weighted by molar-refractivity contribution is 4.96. The molecular weight excluding hydrogens is 122 g/mol. The molecular formula is C9H17N. The van der Waals surface area contributed by atoms with E-state index in [-0.39, 0.29) is 0 Å². The van der Waals surface area contributed by atoms with Crippen LogP contribution in [0, 0.1) is 11.3 Å². The third kappa shape index (κ3) is 0.800. The smallest absolute Gasteiger partial charge is 0.00355 e. The number of hydrogen-bond acceptors (Lipinski definition) is 1. The van der Waals surface area contributed by atoms with Gasteiger partial charge in [-0.1, -0.05) is 13.3 Å². The highest BCUT2D eigenvalue weighted by atomic mass is 15.1. The first-order chi connectivity index (χ1) is 4.71. The van der Waals surface area contributed by atoms with Crippen molar-refractivity contribution in [3.63, 3.8) is 0 Å². The van der Waals surface area contributed by atoms with Crippen LogP contribution in [-0.4, -0.2) is 25.0 Å². The van der Waals surface area contributed by atoms with Crippen molar-refractivity contribution in [3.8, 4) is 0 Å². The zero-order valence-corrected chi connectivity index (χ0v) is 7.06. The molecule has 1 saturated carbocycles. The van der Waals surface area contributed by atoms with Crippen molar-refractivity contribution in [2.75, 3.05) is 20.1 Å². The Bertz CT molecular complexity index is 144. The van der Waals surface area contributed by atoms with Gasteiger partial charge in [0, 0.05) is 13.1 Å². The maximum atomic E-state index is 2.49. The van der Waals surface area contributed by atoms with Gasteiger partial charge in [-0.05, 0) is 31.2 Å². The van der Waals surface area contributed by atoms with Crippen molar-refractivity contribution in [3.05, 3.63) is 0 Å². The zero-order chi connectivity index (χ0) is 7.19. The summed E-state index contributed by atoms with van der Waals surface area (Å²) in [5.41, 5.74) is 0.703. The minimum absolute atomic E-state index is 0.703. The summed E-state index contributed by atoms with van der Waals surface area (Å²) in [5, 5.41) is 0. The SMILES string of the molecule is CN1CC2CCCC2(C)C1. The molecule has 0 N–H and O–H groups in total. The van der Waals surface area contributed by atoms with Gasteiger partial charge in [0.1, 0.15) is 0 Å². The molecule has 2 rings (SSSR count). The van der Waals surface area contributed by atoms with Gasteiger partial charge in [0.2, 0.25) is 0 Å². The summed E-state index contributed by atoms with van der Waals surface area (Å²) in [4.78, 5) is 2.49. The third-order valence-corrected chi connectivity index (χ3v) is 3.45. The fraction of sp³-hybridized carbons (Fsp3) is 1.00. The number of fused-ring (bicyclic) bond motifs is 1. The fourth-order valence-electron chi connectivity index (χ4n) is 2.88. The molecule has 0 bridgehead atoms. The molecule has 58 valence electrons. The van der Waals surface area contributed by atoms with Crippen molar-refractivity contribution in [1.82, 2.24) is 4.90 Å². The molecule has 2 fully saturated rings. The van der Waals surface area contributed by atoms with Crippen LogP contribution in [0.15, 0.2) is 0 Å².